The smallest absolute Gasteiger partial charge is 0.334 e. The molecule has 122 valence electrons. The number of carbonyl (C=O) groups is 1. The minimum atomic E-state index is -1.51. The molecule has 2 rings (SSSR count). The number of nitrogen functional groups attached to an aromatic ring is 1. The Morgan fingerprint density at radius 2 is 1.87 bits per heavy atom. The summed E-state index contributed by atoms with van der Waals surface area (Å²) in [6, 6.07) is 13.2. The van der Waals surface area contributed by atoms with Gasteiger partial charge in [-0.2, -0.15) is 0 Å². The number of hydrogen-bond donors (Lipinski definition) is 3. The second-order valence-electron chi connectivity index (χ2n) is 5.46. The van der Waals surface area contributed by atoms with E-state index in [0.29, 0.717) is 5.69 Å². The van der Waals surface area contributed by atoms with Crippen LogP contribution in [0.2, 0.25) is 0 Å². The molecule has 0 radical (unpaired) electrons. The zero-order valence-corrected chi connectivity index (χ0v) is 14.0. The van der Waals surface area contributed by atoms with E-state index < -0.39 is 17.3 Å². The van der Waals surface area contributed by atoms with Gasteiger partial charge in [0.1, 0.15) is 0 Å². The SMILES string of the molecule is CCc1ccc(N)c(S[C@H](c2ccc(C)cc2)[C@H](O)C(=O)O)c1. The van der Waals surface area contributed by atoms with Crippen molar-refractivity contribution in [3.05, 3.63) is 59.2 Å². The molecule has 4 N–H and O–H groups in total. The van der Waals surface area contributed by atoms with Gasteiger partial charge >= 0.3 is 5.97 Å². The summed E-state index contributed by atoms with van der Waals surface area (Å²) in [5.41, 5.74) is 9.57. The van der Waals surface area contributed by atoms with Gasteiger partial charge in [-0.15, -0.1) is 11.8 Å². The first-order valence-electron chi connectivity index (χ1n) is 7.45. The van der Waals surface area contributed by atoms with Crippen molar-refractivity contribution in [2.24, 2.45) is 0 Å². The molecule has 2 aromatic rings. The molecule has 0 heterocycles. The fourth-order valence-electron chi connectivity index (χ4n) is 2.24. The number of aliphatic hydroxyl groups excluding tert-OH is 1. The second-order valence-corrected chi connectivity index (χ2v) is 6.64. The van der Waals surface area contributed by atoms with Crippen LogP contribution >= 0.6 is 11.8 Å². The molecule has 2 aromatic carbocycles. The highest BCUT2D eigenvalue weighted by Gasteiger charge is 2.29. The summed E-state index contributed by atoms with van der Waals surface area (Å²) in [5, 5.41) is 18.7. The topological polar surface area (TPSA) is 83.5 Å². The predicted octanol–water partition coefficient (Wildman–Crippen LogP) is 3.42. The Kier molecular flexibility index (Phi) is 5.69. The maximum Gasteiger partial charge on any atom is 0.334 e. The van der Waals surface area contributed by atoms with E-state index in [1.807, 2.05) is 56.3 Å². The lowest BCUT2D eigenvalue weighted by Crippen LogP contribution is -2.26. The molecular formula is C18H21NO3S. The normalized spacial score (nSPS) is 13.5. The largest absolute Gasteiger partial charge is 0.479 e. The van der Waals surface area contributed by atoms with Gasteiger partial charge in [-0.3, -0.25) is 0 Å². The van der Waals surface area contributed by atoms with Crippen LogP contribution in [0.25, 0.3) is 0 Å². The lowest BCUT2D eigenvalue weighted by Gasteiger charge is -2.21. The Labute approximate surface area is 140 Å². The van der Waals surface area contributed by atoms with Crippen LogP contribution in [-0.2, 0) is 11.2 Å². The van der Waals surface area contributed by atoms with E-state index in [1.54, 1.807) is 0 Å². The first kappa shape index (κ1) is 17.4. The lowest BCUT2D eigenvalue weighted by molar-refractivity contribution is -0.146. The lowest BCUT2D eigenvalue weighted by atomic mass is 10.1. The summed E-state index contributed by atoms with van der Waals surface area (Å²) < 4.78 is 0. The maximum atomic E-state index is 11.3. The molecule has 0 bridgehead atoms. The van der Waals surface area contributed by atoms with Crippen molar-refractivity contribution >= 4 is 23.4 Å². The van der Waals surface area contributed by atoms with Gasteiger partial charge in [0.15, 0.2) is 6.10 Å². The van der Waals surface area contributed by atoms with Gasteiger partial charge in [0, 0.05) is 10.6 Å². The number of aryl methyl sites for hydroxylation is 2. The van der Waals surface area contributed by atoms with E-state index in [9.17, 15) is 15.0 Å². The van der Waals surface area contributed by atoms with Gasteiger partial charge in [-0.1, -0.05) is 42.8 Å². The number of carboxylic acids is 1. The molecule has 0 spiro atoms. The van der Waals surface area contributed by atoms with Crippen molar-refractivity contribution in [2.45, 2.75) is 36.5 Å². The van der Waals surface area contributed by atoms with Crippen molar-refractivity contribution in [1.82, 2.24) is 0 Å². The summed E-state index contributed by atoms with van der Waals surface area (Å²) in [4.78, 5) is 12.1. The van der Waals surface area contributed by atoms with E-state index in [2.05, 4.69) is 0 Å². The fraction of sp³-hybridized carbons (Fsp3) is 0.278. The Morgan fingerprint density at radius 3 is 2.43 bits per heavy atom. The number of rotatable bonds is 6. The van der Waals surface area contributed by atoms with E-state index in [-0.39, 0.29) is 0 Å². The zero-order valence-electron chi connectivity index (χ0n) is 13.2. The third-order valence-corrected chi connectivity index (χ3v) is 5.08. The van der Waals surface area contributed by atoms with Gasteiger partial charge in [0.2, 0.25) is 0 Å². The molecule has 0 fully saturated rings. The van der Waals surface area contributed by atoms with Crippen LogP contribution < -0.4 is 5.73 Å². The average Bonchev–Trinajstić information content (AvgIpc) is 2.54. The molecule has 0 aliphatic carbocycles. The summed E-state index contributed by atoms with van der Waals surface area (Å²) in [7, 11) is 0. The van der Waals surface area contributed by atoms with Crippen LogP contribution in [0.4, 0.5) is 5.69 Å². The average molecular weight is 331 g/mol. The standard InChI is InChI=1S/C18H21NO3S/c1-3-12-6-9-14(19)15(10-12)23-17(16(20)18(21)22)13-7-4-11(2)5-8-13/h4-10,16-17,20H,3,19H2,1-2H3,(H,21,22)/t16-,17+/m0/s1. The van der Waals surface area contributed by atoms with Crippen LogP contribution in [0.5, 0.6) is 0 Å². The molecule has 5 heteroatoms. The van der Waals surface area contributed by atoms with Crippen molar-refractivity contribution in [1.29, 1.82) is 0 Å². The van der Waals surface area contributed by atoms with Crippen molar-refractivity contribution < 1.29 is 15.0 Å². The van der Waals surface area contributed by atoms with Crippen LogP contribution in [0.15, 0.2) is 47.4 Å². The molecule has 0 aromatic heterocycles. The van der Waals surface area contributed by atoms with Crippen LogP contribution in [-0.4, -0.2) is 22.3 Å². The minimum absolute atomic E-state index is 0.585. The Balaban J connectivity index is 2.38. The quantitative estimate of drug-likeness (QED) is 0.558. The maximum absolute atomic E-state index is 11.3. The third-order valence-electron chi connectivity index (χ3n) is 3.69. The molecule has 0 unspecified atom stereocenters. The Morgan fingerprint density at radius 1 is 1.22 bits per heavy atom. The van der Waals surface area contributed by atoms with Crippen molar-refractivity contribution in [2.75, 3.05) is 5.73 Å². The minimum Gasteiger partial charge on any atom is -0.479 e. The van der Waals surface area contributed by atoms with Crippen molar-refractivity contribution in [3.8, 4) is 0 Å². The molecule has 0 aliphatic rings. The number of anilines is 1. The number of aliphatic carboxylic acids is 1. The third kappa shape index (κ3) is 4.27. The molecule has 0 saturated heterocycles. The van der Waals surface area contributed by atoms with Crippen LogP contribution in [0, 0.1) is 6.92 Å². The first-order chi connectivity index (χ1) is 10.9. The molecule has 23 heavy (non-hydrogen) atoms. The van der Waals surface area contributed by atoms with E-state index in [0.717, 1.165) is 28.0 Å². The van der Waals surface area contributed by atoms with Crippen LogP contribution in [0.3, 0.4) is 0 Å². The number of aliphatic hydroxyl groups is 1. The summed E-state index contributed by atoms with van der Waals surface area (Å²) in [6.45, 7) is 4.01. The highest BCUT2D eigenvalue weighted by Crippen LogP contribution is 2.41. The molecule has 2 atom stereocenters. The first-order valence-corrected chi connectivity index (χ1v) is 8.32. The molecule has 4 nitrogen and oxygen atoms in total. The van der Waals surface area contributed by atoms with Crippen LogP contribution in [0.1, 0.15) is 28.9 Å². The monoisotopic (exact) mass is 331 g/mol. The van der Waals surface area contributed by atoms with Gasteiger partial charge in [-0.05, 0) is 36.6 Å². The number of carboxylic acid groups (broad SMARTS) is 1. The molecular weight excluding hydrogens is 310 g/mol. The number of nitrogens with two attached hydrogens (primary N) is 1. The van der Waals surface area contributed by atoms with Crippen molar-refractivity contribution in [3.63, 3.8) is 0 Å². The zero-order chi connectivity index (χ0) is 17.0. The number of thioether (sulfide) groups is 1. The molecule has 0 saturated carbocycles. The Bertz CT molecular complexity index is 685. The highest BCUT2D eigenvalue weighted by molar-refractivity contribution is 7.99. The highest BCUT2D eigenvalue weighted by atomic mass is 32.2. The molecule has 0 amide bonds. The van der Waals surface area contributed by atoms with Gasteiger partial charge in [0.25, 0.3) is 0 Å². The summed E-state index contributed by atoms with van der Waals surface area (Å²) >= 11 is 1.28. The number of benzene rings is 2. The fourth-order valence-corrected chi connectivity index (χ4v) is 3.47. The van der Waals surface area contributed by atoms with E-state index in [4.69, 9.17) is 5.73 Å². The summed E-state index contributed by atoms with van der Waals surface area (Å²) in [5.74, 6) is -1.24. The summed E-state index contributed by atoms with van der Waals surface area (Å²) in [6.07, 6.45) is -0.641. The second kappa shape index (κ2) is 7.53. The van der Waals surface area contributed by atoms with Gasteiger partial charge < -0.3 is 15.9 Å². The van der Waals surface area contributed by atoms with E-state index in [1.165, 1.54) is 11.8 Å². The van der Waals surface area contributed by atoms with Gasteiger partial charge in [0.05, 0.1) is 5.25 Å². The molecule has 0 aliphatic heterocycles. The predicted molar refractivity (Wildman–Crippen MR) is 93.7 cm³/mol. The Hall–Kier alpha value is -1.98. The number of hydrogen-bond acceptors (Lipinski definition) is 4. The van der Waals surface area contributed by atoms with E-state index >= 15 is 0 Å². The van der Waals surface area contributed by atoms with Gasteiger partial charge in [-0.25, -0.2) is 4.79 Å².